The topological polar surface area (TPSA) is 62.0 Å². The van der Waals surface area contributed by atoms with Gasteiger partial charge in [-0.15, -0.1) is 0 Å². The average Bonchev–Trinajstić information content (AvgIpc) is 3.25. The molecule has 2 aliphatic heterocycles. The maximum absolute atomic E-state index is 13.2. The zero-order valence-corrected chi connectivity index (χ0v) is 18.2. The van der Waals surface area contributed by atoms with Crippen LogP contribution in [0.25, 0.3) is 10.9 Å². The van der Waals surface area contributed by atoms with Crippen LogP contribution in [0.1, 0.15) is 43.5 Å². The first-order valence-corrected chi connectivity index (χ1v) is 10.6. The van der Waals surface area contributed by atoms with E-state index in [1.54, 1.807) is 4.57 Å². The fraction of sp³-hybridized carbons (Fsp3) is 0.360. The van der Waals surface area contributed by atoms with Gasteiger partial charge in [0, 0.05) is 16.6 Å². The molecular weight excluding hydrogens is 392 g/mol. The van der Waals surface area contributed by atoms with Gasteiger partial charge in [0.2, 0.25) is 0 Å². The monoisotopic (exact) mass is 418 g/mol. The number of nitrogens with zero attached hydrogens (tertiary/aromatic N) is 2. The van der Waals surface area contributed by atoms with Crippen molar-refractivity contribution in [3.05, 3.63) is 65.4 Å². The van der Waals surface area contributed by atoms with Crippen LogP contribution in [0.2, 0.25) is 0 Å². The van der Waals surface area contributed by atoms with Crippen LogP contribution in [0.4, 0.5) is 4.79 Å². The number of hydrogen-bond acceptors (Lipinski definition) is 5. The number of oxime groups is 1. The normalized spacial score (nSPS) is 20.2. The van der Waals surface area contributed by atoms with Crippen molar-refractivity contribution in [1.29, 1.82) is 0 Å². The smallest absolute Gasteiger partial charge is 0.419 e. The quantitative estimate of drug-likeness (QED) is 0.541. The molecule has 2 aliphatic rings. The Hall–Kier alpha value is -3.28. The van der Waals surface area contributed by atoms with E-state index in [1.807, 2.05) is 64.1 Å². The maximum Gasteiger partial charge on any atom is 0.419 e. The van der Waals surface area contributed by atoms with Crippen molar-refractivity contribution in [1.82, 2.24) is 4.57 Å². The molecule has 5 rings (SSSR count). The highest BCUT2D eigenvalue weighted by atomic mass is 16.6. The summed E-state index contributed by atoms with van der Waals surface area (Å²) in [5.41, 5.74) is 4.08. The highest BCUT2D eigenvalue weighted by Crippen LogP contribution is 2.44. The third-order valence-electron chi connectivity index (χ3n) is 5.85. The summed E-state index contributed by atoms with van der Waals surface area (Å²) in [4.78, 5) is 18.7. The van der Waals surface area contributed by atoms with Crippen LogP contribution in [-0.4, -0.2) is 35.2 Å². The zero-order chi connectivity index (χ0) is 21.8. The number of aromatic nitrogens is 1. The number of carbonyl (C=O) groups excluding carboxylic acids is 1. The summed E-state index contributed by atoms with van der Waals surface area (Å²) in [7, 11) is 0. The first-order valence-electron chi connectivity index (χ1n) is 10.6. The SMILES string of the molecule is Cc1c([C@@H]2C3=NOC[C@@H]3COc3ccccc32)c2ccccc2n1C(=O)OC(C)(C)C. The van der Waals surface area contributed by atoms with Crippen molar-refractivity contribution in [2.45, 2.75) is 39.2 Å². The van der Waals surface area contributed by atoms with Crippen LogP contribution in [0.15, 0.2) is 53.7 Å². The van der Waals surface area contributed by atoms with Crippen molar-refractivity contribution in [3.8, 4) is 5.75 Å². The Morgan fingerprint density at radius 2 is 1.84 bits per heavy atom. The van der Waals surface area contributed by atoms with E-state index in [0.29, 0.717) is 13.2 Å². The van der Waals surface area contributed by atoms with E-state index in [4.69, 9.17) is 14.3 Å². The van der Waals surface area contributed by atoms with Crippen molar-refractivity contribution in [2.75, 3.05) is 13.2 Å². The Labute approximate surface area is 181 Å². The van der Waals surface area contributed by atoms with Crippen LogP contribution in [0.5, 0.6) is 5.75 Å². The summed E-state index contributed by atoms with van der Waals surface area (Å²) in [5.74, 6) is 0.748. The summed E-state index contributed by atoms with van der Waals surface area (Å²) in [6, 6.07) is 16.0. The molecule has 0 aliphatic carbocycles. The van der Waals surface area contributed by atoms with Gasteiger partial charge in [0.25, 0.3) is 0 Å². The number of ether oxygens (including phenoxy) is 2. The van der Waals surface area contributed by atoms with Gasteiger partial charge in [-0.25, -0.2) is 9.36 Å². The minimum atomic E-state index is -0.591. The van der Waals surface area contributed by atoms with Crippen LogP contribution in [0.3, 0.4) is 0 Å². The van der Waals surface area contributed by atoms with Crippen LogP contribution in [-0.2, 0) is 9.57 Å². The Balaban J connectivity index is 1.77. The van der Waals surface area contributed by atoms with Gasteiger partial charge in [0.15, 0.2) is 0 Å². The largest absolute Gasteiger partial charge is 0.492 e. The lowest BCUT2D eigenvalue weighted by molar-refractivity contribution is 0.0541. The molecular formula is C25H26N2O4. The second-order valence-corrected chi connectivity index (χ2v) is 9.12. The lowest BCUT2D eigenvalue weighted by Crippen LogP contribution is -2.28. The number of benzene rings is 2. The van der Waals surface area contributed by atoms with Gasteiger partial charge < -0.3 is 14.3 Å². The molecule has 0 amide bonds. The first kappa shape index (κ1) is 19.7. The predicted octanol–water partition coefficient (Wildman–Crippen LogP) is 5.26. The van der Waals surface area contributed by atoms with Gasteiger partial charge >= 0.3 is 6.09 Å². The molecule has 2 atom stereocenters. The van der Waals surface area contributed by atoms with Crippen LogP contribution < -0.4 is 4.74 Å². The second kappa shape index (κ2) is 7.15. The Kier molecular flexibility index (Phi) is 4.54. The molecule has 160 valence electrons. The summed E-state index contributed by atoms with van der Waals surface area (Å²) in [6.45, 7) is 8.63. The highest BCUT2D eigenvalue weighted by Gasteiger charge is 2.40. The molecule has 3 aromatic rings. The van der Waals surface area contributed by atoms with E-state index < -0.39 is 5.60 Å². The standard InChI is InChI=1S/C25H26N2O4/c1-15-21(17-9-5-7-11-19(17)27(15)24(28)31-25(2,3)4)22-18-10-6-8-12-20(18)29-13-16-14-30-26-23(16)22/h5-12,16,22H,13-14H2,1-4H3/t16-,22+/m0/s1. The van der Waals surface area contributed by atoms with E-state index in [-0.39, 0.29) is 17.9 Å². The fourth-order valence-electron chi connectivity index (χ4n) is 4.59. The van der Waals surface area contributed by atoms with Gasteiger partial charge in [-0.2, -0.15) is 0 Å². The first-order chi connectivity index (χ1) is 14.8. The number of carbonyl (C=O) groups is 1. The molecule has 0 fully saturated rings. The summed E-state index contributed by atoms with van der Waals surface area (Å²) >= 11 is 0. The molecule has 6 nitrogen and oxygen atoms in total. The molecule has 0 saturated carbocycles. The van der Waals surface area contributed by atoms with E-state index in [2.05, 4.69) is 17.3 Å². The average molecular weight is 418 g/mol. The van der Waals surface area contributed by atoms with Gasteiger partial charge in [0.05, 0.1) is 29.7 Å². The molecule has 2 aromatic carbocycles. The van der Waals surface area contributed by atoms with E-state index in [0.717, 1.165) is 39.2 Å². The predicted molar refractivity (Wildman–Crippen MR) is 119 cm³/mol. The van der Waals surface area contributed by atoms with Gasteiger partial charge in [-0.1, -0.05) is 41.6 Å². The second-order valence-electron chi connectivity index (χ2n) is 9.12. The molecule has 0 bridgehead atoms. The zero-order valence-electron chi connectivity index (χ0n) is 18.2. The third-order valence-corrected chi connectivity index (χ3v) is 5.85. The fourth-order valence-corrected chi connectivity index (χ4v) is 4.59. The molecule has 6 heteroatoms. The number of para-hydroxylation sites is 2. The number of rotatable bonds is 1. The minimum Gasteiger partial charge on any atom is -0.492 e. The molecule has 1 aromatic heterocycles. The molecule has 31 heavy (non-hydrogen) atoms. The maximum atomic E-state index is 13.2. The van der Waals surface area contributed by atoms with Gasteiger partial charge in [0.1, 0.15) is 18.0 Å². The lowest BCUT2D eigenvalue weighted by Gasteiger charge is -2.21. The Morgan fingerprint density at radius 3 is 2.65 bits per heavy atom. The molecule has 0 radical (unpaired) electrons. The lowest BCUT2D eigenvalue weighted by atomic mass is 9.81. The Bertz CT molecular complexity index is 1200. The molecule has 0 spiro atoms. The van der Waals surface area contributed by atoms with Gasteiger partial charge in [-0.3, -0.25) is 0 Å². The number of fused-ring (bicyclic) bond motifs is 3. The number of hydrogen-bond donors (Lipinski definition) is 0. The summed E-state index contributed by atoms with van der Waals surface area (Å²) < 4.78 is 13.5. The third kappa shape index (κ3) is 3.26. The van der Waals surface area contributed by atoms with E-state index in [1.165, 1.54) is 0 Å². The Morgan fingerprint density at radius 1 is 1.10 bits per heavy atom. The van der Waals surface area contributed by atoms with Crippen molar-refractivity contribution in [2.24, 2.45) is 11.1 Å². The molecule has 0 saturated heterocycles. The van der Waals surface area contributed by atoms with E-state index >= 15 is 0 Å². The summed E-state index contributed by atoms with van der Waals surface area (Å²) in [6.07, 6.45) is -0.383. The van der Waals surface area contributed by atoms with Crippen molar-refractivity contribution in [3.63, 3.8) is 0 Å². The van der Waals surface area contributed by atoms with E-state index in [9.17, 15) is 4.79 Å². The van der Waals surface area contributed by atoms with Gasteiger partial charge in [-0.05, 0) is 45.4 Å². The van der Waals surface area contributed by atoms with Crippen molar-refractivity contribution < 1.29 is 19.1 Å². The van der Waals surface area contributed by atoms with Crippen LogP contribution >= 0.6 is 0 Å². The van der Waals surface area contributed by atoms with Crippen molar-refractivity contribution >= 4 is 22.7 Å². The summed E-state index contributed by atoms with van der Waals surface area (Å²) in [5, 5.41) is 5.45. The molecule has 3 heterocycles. The molecule has 0 unspecified atom stereocenters. The minimum absolute atomic E-state index is 0.0699. The molecule has 0 N–H and O–H groups in total. The highest BCUT2D eigenvalue weighted by molar-refractivity contribution is 6.03. The van der Waals surface area contributed by atoms with Crippen LogP contribution in [0, 0.1) is 12.8 Å².